The van der Waals surface area contributed by atoms with E-state index in [2.05, 4.69) is 25.4 Å². The molecule has 2 heteroatoms. The van der Waals surface area contributed by atoms with Gasteiger partial charge in [0.2, 0.25) is 0 Å². The fraction of sp³-hybridized carbons (Fsp3) is 1.00. The Morgan fingerprint density at radius 3 is 2.50 bits per heavy atom. The van der Waals surface area contributed by atoms with Gasteiger partial charge in [0, 0.05) is 6.04 Å². The lowest BCUT2D eigenvalue weighted by atomic mass is 10.2. The Morgan fingerprint density at radius 1 is 1.40 bits per heavy atom. The van der Waals surface area contributed by atoms with Gasteiger partial charge >= 0.3 is 0 Å². The van der Waals surface area contributed by atoms with E-state index in [0.29, 0.717) is 0 Å². The summed E-state index contributed by atoms with van der Waals surface area (Å²) in [6, 6.07) is 0.748. The SMILES string of the molecule is CCNC(CC)CCSC. The van der Waals surface area contributed by atoms with E-state index >= 15 is 0 Å². The van der Waals surface area contributed by atoms with Crippen LogP contribution < -0.4 is 5.32 Å². The van der Waals surface area contributed by atoms with E-state index < -0.39 is 0 Å². The van der Waals surface area contributed by atoms with Gasteiger partial charge in [-0.05, 0) is 31.4 Å². The highest BCUT2D eigenvalue weighted by molar-refractivity contribution is 7.98. The second-order valence-corrected chi connectivity index (χ2v) is 3.43. The molecule has 0 radical (unpaired) electrons. The maximum absolute atomic E-state index is 3.45. The lowest BCUT2D eigenvalue weighted by Crippen LogP contribution is -2.28. The Hall–Kier alpha value is 0.310. The molecule has 0 saturated carbocycles. The summed E-state index contributed by atoms with van der Waals surface area (Å²) in [6.45, 7) is 5.52. The van der Waals surface area contributed by atoms with Crippen LogP contribution in [-0.4, -0.2) is 24.6 Å². The van der Waals surface area contributed by atoms with Crippen molar-refractivity contribution in [3.8, 4) is 0 Å². The average Bonchev–Trinajstić information content (AvgIpc) is 1.98. The summed E-state index contributed by atoms with van der Waals surface area (Å²) in [5, 5.41) is 3.45. The molecule has 0 rings (SSSR count). The van der Waals surface area contributed by atoms with E-state index in [-0.39, 0.29) is 0 Å². The van der Waals surface area contributed by atoms with Gasteiger partial charge in [-0.2, -0.15) is 11.8 Å². The Balaban J connectivity index is 3.21. The minimum absolute atomic E-state index is 0.748. The molecule has 0 aromatic heterocycles. The minimum atomic E-state index is 0.748. The molecule has 1 N–H and O–H groups in total. The van der Waals surface area contributed by atoms with Gasteiger partial charge in [-0.25, -0.2) is 0 Å². The van der Waals surface area contributed by atoms with Gasteiger partial charge in [0.05, 0.1) is 0 Å². The fourth-order valence-electron chi connectivity index (χ4n) is 0.999. The number of hydrogen-bond donors (Lipinski definition) is 1. The Bertz CT molecular complexity index is 66.3. The maximum atomic E-state index is 3.45. The molecule has 0 amide bonds. The van der Waals surface area contributed by atoms with Crippen LogP contribution in [0.4, 0.5) is 0 Å². The highest BCUT2D eigenvalue weighted by Gasteiger charge is 2.01. The Labute approximate surface area is 69.0 Å². The van der Waals surface area contributed by atoms with Crippen molar-refractivity contribution in [3.63, 3.8) is 0 Å². The third-order valence-corrected chi connectivity index (χ3v) is 2.30. The molecule has 0 fully saturated rings. The minimum Gasteiger partial charge on any atom is -0.314 e. The van der Waals surface area contributed by atoms with Crippen molar-refractivity contribution in [2.24, 2.45) is 0 Å². The Morgan fingerprint density at radius 2 is 2.10 bits per heavy atom. The molecule has 0 bridgehead atoms. The van der Waals surface area contributed by atoms with Crippen molar-refractivity contribution in [3.05, 3.63) is 0 Å². The van der Waals surface area contributed by atoms with Crippen molar-refractivity contribution < 1.29 is 0 Å². The maximum Gasteiger partial charge on any atom is 0.00721 e. The zero-order chi connectivity index (χ0) is 7.82. The first-order valence-electron chi connectivity index (χ1n) is 4.07. The van der Waals surface area contributed by atoms with Crippen LogP contribution in [0.25, 0.3) is 0 Å². The van der Waals surface area contributed by atoms with E-state index in [4.69, 9.17) is 0 Å². The molecule has 1 atom stereocenters. The largest absolute Gasteiger partial charge is 0.314 e. The summed E-state index contributed by atoms with van der Waals surface area (Å²) in [5.74, 6) is 1.28. The molecule has 0 aromatic carbocycles. The molecule has 1 unspecified atom stereocenters. The van der Waals surface area contributed by atoms with Gasteiger partial charge < -0.3 is 5.32 Å². The van der Waals surface area contributed by atoms with E-state index in [1.54, 1.807) is 0 Å². The van der Waals surface area contributed by atoms with E-state index in [9.17, 15) is 0 Å². The summed E-state index contributed by atoms with van der Waals surface area (Å²) in [6.07, 6.45) is 4.73. The lowest BCUT2D eigenvalue weighted by Gasteiger charge is -2.14. The molecule has 10 heavy (non-hydrogen) atoms. The van der Waals surface area contributed by atoms with Crippen LogP contribution in [0.1, 0.15) is 26.7 Å². The van der Waals surface area contributed by atoms with Gasteiger partial charge in [-0.3, -0.25) is 0 Å². The fourth-order valence-corrected chi connectivity index (χ4v) is 1.52. The van der Waals surface area contributed by atoms with E-state index in [1.165, 1.54) is 18.6 Å². The summed E-state index contributed by atoms with van der Waals surface area (Å²) in [4.78, 5) is 0. The zero-order valence-corrected chi connectivity index (χ0v) is 8.13. The van der Waals surface area contributed by atoms with Crippen LogP contribution in [0.3, 0.4) is 0 Å². The quantitative estimate of drug-likeness (QED) is 0.640. The predicted molar refractivity (Wildman–Crippen MR) is 50.8 cm³/mol. The lowest BCUT2D eigenvalue weighted by molar-refractivity contribution is 0.502. The van der Waals surface area contributed by atoms with Gasteiger partial charge in [-0.15, -0.1) is 0 Å². The van der Waals surface area contributed by atoms with Crippen molar-refractivity contribution in [1.82, 2.24) is 5.32 Å². The van der Waals surface area contributed by atoms with Crippen molar-refractivity contribution in [2.75, 3.05) is 18.6 Å². The number of nitrogens with one attached hydrogen (secondary N) is 1. The standard InChI is InChI=1S/C8H19NS/c1-4-8(9-5-2)6-7-10-3/h8-9H,4-7H2,1-3H3. The van der Waals surface area contributed by atoms with Gasteiger partial charge in [0.15, 0.2) is 0 Å². The van der Waals surface area contributed by atoms with Crippen LogP contribution in [-0.2, 0) is 0 Å². The second-order valence-electron chi connectivity index (χ2n) is 2.44. The zero-order valence-electron chi connectivity index (χ0n) is 7.31. The molecule has 0 heterocycles. The van der Waals surface area contributed by atoms with Crippen molar-refractivity contribution in [2.45, 2.75) is 32.7 Å². The highest BCUT2D eigenvalue weighted by atomic mass is 32.2. The van der Waals surface area contributed by atoms with Gasteiger partial charge in [0.25, 0.3) is 0 Å². The molecule has 62 valence electrons. The normalized spacial score (nSPS) is 13.5. The monoisotopic (exact) mass is 161 g/mol. The summed E-state index contributed by atoms with van der Waals surface area (Å²) < 4.78 is 0. The van der Waals surface area contributed by atoms with Crippen LogP contribution in [0, 0.1) is 0 Å². The molecule has 0 spiro atoms. The molecule has 0 aliphatic heterocycles. The summed E-state index contributed by atoms with van der Waals surface area (Å²) >= 11 is 1.93. The first-order chi connectivity index (χ1) is 4.85. The number of hydrogen-bond acceptors (Lipinski definition) is 2. The molecule has 0 aromatic rings. The first-order valence-corrected chi connectivity index (χ1v) is 5.46. The molecule has 0 saturated heterocycles. The number of thioether (sulfide) groups is 1. The predicted octanol–water partition coefficient (Wildman–Crippen LogP) is 2.13. The summed E-state index contributed by atoms with van der Waals surface area (Å²) in [5.41, 5.74) is 0. The smallest absolute Gasteiger partial charge is 0.00721 e. The summed E-state index contributed by atoms with van der Waals surface area (Å²) in [7, 11) is 0. The Kier molecular flexibility index (Phi) is 7.65. The van der Waals surface area contributed by atoms with Crippen LogP contribution in [0.5, 0.6) is 0 Å². The third-order valence-electron chi connectivity index (χ3n) is 1.66. The highest BCUT2D eigenvalue weighted by Crippen LogP contribution is 2.02. The van der Waals surface area contributed by atoms with Gasteiger partial charge in [-0.1, -0.05) is 13.8 Å². The molecule has 1 nitrogen and oxygen atoms in total. The molecular weight excluding hydrogens is 142 g/mol. The first kappa shape index (κ1) is 10.3. The van der Waals surface area contributed by atoms with Crippen LogP contribution in [0.2, 0.25) is 0 Å². The third kappa shape index (κ3) is 5.12. The number of rotatable bonds is 6. The average molecular weight is 161 g/mol. The topological polar surface area (TPSA) is 12.0 Å². The van der Waals surface area contributed by atoms with Crippen LogP contribution >= 0.6 is 11.8 Å². The van der Waals surface area contributed by atoms with Crippen molar-refractivity contribution >= 4 is 11.8 Å². The van der Waals surface area contributed by atoms with Crippen molar-refractivity contribution in [1.29, 1.82) is 0 Å². The molecule has 0 aliphatic carbocycles. The molecular formula is C8H19NS. The van der Waals surface area contributed by atoms with Crippen LogP contribution in [0.15, 0.2) is 0 Å². The van der Waals surface area contributed by atoms with Gasteiger partial charge in [0.1, 0.15) is 0 Å². The molecule has 0 aliphatic rings. The van der Waals surface area contributed by atoms with E-state index in [1.807, 2.05) is 11.8 Å². The van der Waals surface area contributed by atoms with E-state index in [0.717, 1.165) is 12.6 Å². The second kappa shape index (κ2) is 7.42.